The molecule has 0 fully saturated rings. The summed E-state index contributed by atoms with van der Waals surface area (Å²) in [6, 6.07) is 18.3. The lowest BCUT2D eigenvalue weighted by molar-refractivity contribution is 0.102. The van der Waals surface area contributed by atoms with Gasteiger partial charge in [-0.2, -0.15) is 4.52 Å². The second-order valence-electron chi connectivity index (χ2n) is 7.31. The number of carbonyl (C=O) groups is 1. The molecule has 0 aliphatic carbocycles. The summed E-state index contributed by atoms with van der Waals surface area (Å²) < 4.78 is 17.7. The van der Waals surface area contributed by atoms with Crippen LogP contribution in [0.15, 0.2) is 70.6 Å². The van der Waals surface area contributed by atoms with Crippen molar-refractivity contribution in [2.24, 2.45) is 0 Å². The number of hydrogen-bond donors (Lipinski definition) is 1. The molecule has 176 valence electrons. The Morgan fingerprint density at radius 1 is 0.943 bits per heavy atom. The van der Waals surface area contributed by atoms with Crippen LogP contribution in [0.3, 0.4) is 0 Å². The predicted octanol–water partition coefficient (Wildman–Crippen LogP) is 4.10. The van der Waals surface area contributed by atoms with Crippen LogP contribution in [-0.4, -0.2) is 52.3 Å². The van der Waals surface area contributed by atoms with E-state index in [4.69, 9.17) is 19.2 Å². The van der Waals surface area contributed by atoms with Gasteiger partial charge in [0.15, 0.2) is 11.5 Å². The smallest absolute Gasteiger partial charge is 0.255 e. The Morgan fingerprint density at radius 2 is 1.66 bits per heavy atom. The molecule has 10 nitrogen and oxygen atoms in total. The highest BCUT2D eigenvalue weighted by Gasteiger charge is 2.17. The molecule has 11 heteroatoms. The maximum absolute atomic E-state index is 12.9. The number of benzene rings is 3. The number of nitrogens with one attached hydrogen (secondary N) is 1. The Hall–Kier alpha value is -4.38. The summed E-state index contributed by atoms with van der Waals surface area (Å²) in [5.41, 5.74) is 3.22. The largest absolute Gasteiger partial charge is 0.493 e. The van der Waals surface area contributed by atoms with Crippen LogP contribution in [0, 0.1) is 0 Å². The number of nitrogens with zero attached hydrogens (tertiary/aromatic N) is 5. The lowest BCUT2D eigenvalue weighted by Gasteiger charge is -2.14. The third kappa shape index (κ3) is 4.28. The molecule has 0 spiro atoms. The van der Waals surface area contributed by atoms with Crippen molar-refractivity contribution in [3.63, 3.8) is 0 Å². The molecule has 0 aliphatic heterocycles. The van der Waals surface area contributed by atoms with E-state index < -0.39 is 0 Å². The first-order valence-corrected chi connectivity index (χ1v) is 11.3. The normalized spacial score (nSPS) is 10.9. The molecule has 3 aromatic carbocycles. The average molecular weight is 489 g/mol. The van der Waals surface area contributed by atoms with E-state index in [9.17, 15) is 4.79 Å². The van der Waals surface area contributed by atoms with Gasteiger partial charge >= 0.3 is 0 Å². The minimum Gasteiger partial charge on any atom is -0.493 e. The highest BCUT2D eigenvalue weighted by Crippen LogP contribution is 2.38. The molecule has 1 amide bonds. The zero-order valence-electron chi connectivity index (χ0n) is 19.1. The summed E-state index contributed by atoms with van der Waals surface area (Å²) in [5.74, 6) is 0.922. The summed E-state index contributed by atoms with van der Waals surface area (Å²) in [4.78, 5) is 18.5. The van der Waals surface area contributed by atoms with Crippen LogP contribution in [0.4, 0.5) is 5.69 Å². The number of rotatable bonds is 7. The van der Waals surface area contributed by atoms with E-state index in [0.29, 0.717) is 39.2 Å². The van der Waals surface area contributed by atoms with Crippen molar-refractivity contribution in [3.8, 4) is 17.2 Å². The van der Waals surface area contributed by atoms with Gasteiger partial charge in [-0.3, -0.25) is 4.79 Å². The van der Waals surface area contributed by atoms with Crippen molar-refractivity contribution in [2.45, 2.75) is 9.92 Å². The third-order valence-electron chi connectivity index (χ3n) is 5.25. The highest BCUT2D eigenvalue weighted by atomic mass is 32.2. The summed E-state index contributed by atoms with van der Waals surface area (Å²) in [5, 5.41) is 15.6. The van der Waals surface area contributed by atoms with E-state index in [1.807, 2.05) is 48.5 Å². The Morgan fingerprint density at radius 3 is 2.34 bits per heavy atom. The molecule has 0 saturated heterocycles. The van der Waals surface area contributed by atoms with E-state index in [1.54, 1.807) is 16.6 Å². The lowest BCUT2D eigenvalue weighted by atomic mass is 10.1. The number of fused-ring (bicyclic) bond motifs is 3. The Bertz CT molecular complexity index is 1510. The number of ether oxygens (including phenoxy) is 3. The fourth-order valence-corrected chi connectivity index (χ4v) is 4.44. The second kappa shape index (κ2) is 9.47. The summed E-state index contributed by atoms with van der Waals surface area (Å²) >= 11 is 1.44. The zero-order chi connectivity index (χ0) is 24.4. The Labute approximate surface area is 204 Å². The first kappa shape index (κ1) is 22.4. The van der Waals surface area contributed by atoms with Gasteiger partial charge < -0.3 is 19.5 Å². The van der Waals surface area contributed by atoms with Crippen LogP contribution in [0.5, 0.6) is 17.2 Å². The molecular weight excluding hydrogens is 468 g/mol. The van der Waals surface area contributed by atoms with Crippen LogP contribution in [0.2, 0.25) is 0 Å². The molecule has 0 unspecified atom stereocenters. The predicted molar refractivity (Wildman–Crippen MR) is 131 cm³/mol. The van der Waals surface area contributed by atoms with Gasteiger partial charge in [-0.15, -0.1) is 5.10 Å². The quantitative estimate of drug-likeness (QED) is 0.362. The van der Waals surface area contributed by atoms with E-state index in [-0.39, 0.29) is 5.91 Å². The highest BCUT2D eigenvalue weighted by molar-refractivity contribution is 7.99. The Balaban J connectivity index is 1.36. The topological polar surface area (TPSA) is 113 Å². The molecule has 0 saturated carbocycles. The first-order valence-electron chi connectivity index (χ1n) is 10.5. The summed E-state index contributed by atoms with van der Waals surface area (Å²) in [6.07, 6.45) is 0. The van der Waals surface area contributed by atoms with Gasteiger partial charge in [0.1, 0.15) is 5.03 Å². The van der Waals surface area contributed by atoms with Crippen LogP contribution in [-0.2, 0) is 0 Å². The van der Waals surface area contributed by atoms with Crippen LogP contribution >= 0.6 is 11.8 Å². The molecule has 2 heterocycles. The van der Waals surface area contributed by atoms with Crippen molar-refractivity contribution in [1.29, 1.82) is 0 Å². The molecule has 1 N–H and O–H groups in total. The zero-order valence-corrected chi connectivity index (χ0v) is 19.9. The van der Waals surface area contributed by atoms with Crippen molar-refractivity contribution in [2.75, 3.05) is 26.6 Å². The standard InChI is InChI=1S/C24H20N6O4S/c1-32-19-12-14(13-20(33-2)21(19)34-3)23(31)25-15-8-10-16(11-9-15)35-24-22-27-28-29-30(22)18-7-5-4-6-17(18)26-24/h4-13H,1-3H3,(H,25,31). The molecule has 0 bridgehead atoms. The number of amides is 1. The van der Waals surface area contributed by atoms with Gasteiger partial charge in [0.25, 0.3) is 5.91 Å². The van der Waals surface area contributed by atoms with Crippen molar-refractivity contribution in [3.05, 3.63) is 66.2 Å². The van der Waals surface area contributed by atoms with Crippen molar-refractivity contribution >= 4 is 40.0 Å². The maximum Gasteiger partial charge on any atom is 0.255 e. The van der Waals surface area contributed by atoms with Gasteiger partial charge in [0.05, 0.1) is 32.4 Å². The van der Waals surface area contributed by atoms with E-state index in [0.717, 1.165) is 15.9 Å². The number of anilines is 1. The maximum atomic E-state index is 12.9. The fraction of sp³-hybridized carbons (Fsp3) is 0.125. The van der Waals surface area contributed by atoms with Gasteiger partial charge in [-0.1, -0.05) is 23.9 Å². The number of aromatic nitrogens is 5. The van der Waals surface area contributed by atoms with Crippen molar-refractivity contribution < 1.29 is 19.0 Å². The minimum atomic E-state index is -0.308. The molecule has 35 heavy (non-hydrogen) atoms. The van der Waals surface area contributed by atoms with E-state index in [2.05, 4.69) is 20.8 Å². The number of para-hydroxylation sites is 2. The average Bonchev–Trinajstić information content (AvgIpc) is 3.39. The van der Waals surface area contributed by atoms with E-state index >= 15 is 0 Å². The van der Waals surface area contributed by atoms with Gasteiger partial charge in [-0.25, -0.2) is 4.98 Å². The minimum absolute atomic E-state index is 0.308. The molecular formula is C24H20N6O4S. The lowest BCUT2D eigenvalue weighted by Crippen LogP contribution is -2.12. The van der Waals surface area contributed by atoms with Gasteiger partial charge in [0, 0.05) is 16.1 Å². The number of methoxy groups -OCH3 is 3. The molecule has 5 aromatic rings. The molecule has 5 rings (SSSR count). The molecule has 0 radical (unpaired) electrons. The van der Waals surface area contributed by atoms with Gasteiger partial charge in [-0.05, 0) is 59.0 Å². The monoisotopic (exact) mass is 488 g/mol. The Kier molecular flexibility index (Phi) is 6.06. The van der Waals surface area contributed by atoms with E-state index in [1.165, 1.54) is 33.1 Å². The molecule has 0 aliphatic rings. The SMILES string of the molecule is COc1cc(C(=O)Nc2ccc(Sc3nc4ccccc4n4nnnc34)cc2)cc(OC)c1OC. The molecule has 0 atom stereocenters. The second-order valence-corrected chi connectivity index (χ2v) is 8.38. The van der Waals surface area contributed by atoms with Gasteiger partial charge in [0.2, 0.25) is 11.4 Å². The van der Waals surface area contributed by atoms with Crippen LogP contribution < -0.4 is 19.5 Å². The van der Waals surface area contributed by atoms with Crippen LogP contribution in [0.1, 0.15) is 10.4 Å². The summed E-state index contributed by atoms with van der Waals surface area (Å²) in [6.45, 7) is 0. The first-order chi connectivity index (χ1) is 17.1. The number of hydrogen-bond acceptors (Lipinski definition) is 9. The third-order valence-corrected chi connectivity index (χ3v) is 6.22. The fourth-order valence-electron chi connectivity index (χ4n) is 3.58. The van der Waals surface area contributed by atoms with Crippen LogP contribution in [0.25, 0.3) is 16.7 Å². The number of tetrazole rings is 1. The number of carbonyl (C=O) groups excluding carboxylic acids is 1. The summed E-state index contributed by atoms with van der Waals surface area (Å²) in [7, 11) is 4.52. The van der Waals surface area contributed by atoms with Crippen molar-refractivity contribution in [1.82, 2.24) is 25.0 Å². The molecule has 2 aromatic heterocycles.